The van der Waals surface area contributed by atoms with Crippen molar-refractivity contribution >= 4 is 0 Å². The number of aromatic nitrogens is 1. The fourth-order valence-electron chi connectivity index (χ4n) is 4.06. The summed E-state index contributed by atoms with van der Waals surface area (Å²) in [4.78, 5) is 4.47. The molecule has 1 N–H and O–H groups in total. The zero-order valence-corrected chi connectivity index (χ0v) is 15.2. The maximum Gasteiger partial charge on any atom is 0.107 e. The van der Waals surface area contributed by atoms with Crippen LogP contribution in [0.5, 0.6) is 0 Å². The highest BCUT2D eigenvalue weighted by atomic mass is 16.3. The van der Waals surface area contributed by atoms with Gasteiger partial charge in [0.25, 0.3) is 0 Å². The molecule has 1 fully saturated rings. The van der Waals surface area contributed by atoms with Crippen LogP contribution < -0.4 is 0 Å². The number of hydrogen-bond acceptors (Lipinski definition) is 3. The van der Waals surface area contributed by atoms with Gasteiger partial charge in [-0.05, 0) is 54.5 Å². The number of nitrogens with zero attached hydrogens (tertiary/aromatic N) is 2. The number of nitriles is 1. The predicted octanol–water partition coefficient (Wildman–Crippen LogP) is 4.97. The molecule has 0 bridgehead atoms. The minimum Gasteiger partial charge on any atom is -0.384 e. The van der Waals surface area contributed by atoms with Gasteiger partial charge in [-0.3, -0.25) is 4.98 Å². The summed E-state index contributed by atoms with van der Waals surface area (Å²) >= 11 is 0. The van der Waals surface area contributed by atoms with Crippen molar-refractivity contribution in [2.45, 2.75) is 36.7 Å². The highest BCUT2D eigenvalue weighted by molar-refractivity contribution is 5.63. The van der Waals surface area contributed by atoms with Gasteiger partial charge in [0, 0.05) is 6.20 Å². The first-order chi connectivity index (χ1) is 13.2. The molecule has 1 saturated carbocycles. The van der Waals surface area contributed by atoms with Crippen molar-refractivity contribution in [2.75, 3.05) is 0 Å². The molecule has 134 valence electrons. The van der Waals surface area contributed by atoms with Crippen LogP contribution in [0.3, 0.4) is 0 Å². The van der Waals surface area contributed by atoms with Crippen LogP contribution in [-0.4, -0.2) is 10.1 Å². The number of hydrogen-bond donors (Lipinski definition) is 1. The topological polar surface area (TPSA) is 56.9 Å². The molecule has 0 atom stereocenters. The number of pyridine rings is 1. The second-order valence-electron chi connectivity index (χ2n) is 7.39. The number of benzene rings is 2. The maximum absolute atomic E-state index is 11.3. The quantitative estimate of drug-likeness (QED) is 0.722. The Morgan fingerprint density at radius 3 is 2.07 bits per heavy atom. The van der Waals surface area contributed by atoms with Gasteiger partial charge in [0.15, 0.2) is 0 Å². The molecule has 1 aromatic heterocycles. The standard InChI is InChI=1S/C24H22N2O/c25-18-23(21-9-5-2-6-10-21)12-14-24(27,15-13-23)22-17-20(11-16-26-22)19-7-3-1-4-8-19/h1-11,16-17,27H,12-15H2/t23-,24+. The average molecular weight is 354 g/mol. The third-order valence-corrected chi connectivity index (χ3v) is 5.81. The maximum atomic E-state index is 11.3. The Hall–Kier alpha value is -2.96. The fourth-order valence-corrected chi connectivity index (χ4v) is 4.06. The van der Waals surface area contributed by atoms with E-state index in [4.69, 9.17) is 0 Å². The van der Waals surface area contributed by atoms with Gasteiger partial charge < -0.3 is 5.11 Å². The molecular formula is C24H22N2O. The van der Waals surface area contributed by atoms with E-state index in [1.54, 1.807) is 6.20 Å². The largest absolute Gasteiger partial charge is 0.384 e. The van der Waals surface area contributed by atoms with E-state index >= 15 is 0 Å². The summed E-state index contributed by atoms with van der Waals surface area (Å²) < 4.78 is 0. The molecule has 4 rings (SSSR count). The first-order valence-electron chi connectivity index (χ1n) is 9.36. The van der Waals surface area contributed by atoms with Gasteiger partial charge in [-0.25, -0.2) is 0 Å². The van der Waals surface area contributed by atoms with E-state index in [2.05, 4.69) is 23.2 Å². The summed E-state index contributed by atoms with van der Waals surface area (Å²) in [5, 5.41) is 21.2. The van der Waals surface area contributed by atoms with E-state index in [0.29, 0.717) is 31.4 Å². The van der Waals surface area contributed by atoms with Crippen LogP contribution >= 0.6 is 0 Å². The van der Waals surface area contributed by atoms with Gasteiger partial charge in [0.2, 0.25) is 0 Å². The Labute approximate surface area is 160 Å². The number of rotatable bonds is 3. The molecule has 0 radical (unpaired) electrons. The van der Waals surface area contributed by atoms with Crippen molar-refractivity contribution in [1.29, 1.82) is 5.26 Å². The minimum absolute atomic E-state index is 0.523. The van der Waals surface area contributed by atoms with Crippen LogP contribution in [0.25, 0.3) is 11.1 Å². The summed E-state index contributed by atoms with van der Waals surface area (Å²) in [5.41, 5.74) is 2.39. The second-order valence-corrected chi connectivity index (χ2v) is 7.39. The van der Waals surface area contributed by atoms with Crippen molar-refractivity contribution in [1.82, 2.24) is 4.98 Å². The molecule has 2 aromatic carbocycles. The molecule has 1 aliphatic carbocycles. The van der Waals surface area contributed by atoms with Gasteiger partial charge in [-0.15, -0.1) is 0 Å². The van der Waals surface area contributed by atoms with Crippen LogP contribution in [0.4, 0.5) is 0 Å². The zero-order chi connectivity index (χ0) is 18.7. The van der Waals surface area contributed by atoms with Crippen molar-refractivity contribution in [2.24, 2.45) is 0 Å². The molecular weight excluding hydrogens is 332 g/mol. The molecule has 0 saturated heterocycles. The number of aliphatic hydroxyl groups is 1. The van der Waals surface area contributed by atoms with E-state index < -0.39 is 11.0 Å². The Bertz CT molecular complexity index is 952. The highest BCUT2D eigenvalue weighted by Crippen LogP contribution is 2.46. The summed E-state index contributed by atoms with van der Waals surface area (Å²) in [6, 6.07) is 26.5. The molecule has 1 heterocycles. The molecule has 0 spiro atoms. The third-order valence-electron chi connectivity index (χ3n) is 5.81. The zero-order valence-electron chi connectivity index (χ0n) is 15.2. The molecule has 0 unspecified atom stereocenters. The van der Waals surface area contributed by atoms with Gasteiger partial charge in [-0.1, -0.05) is 60.7 Å². The van der Waals surface area contributed by atoms with E-state index in [9.17, 15) is 10.4 Å². The monoisotopic (exact) mass is 354 g/mol. The summed E-state index contributed by atoms with van der Waals surface area (Å²) in [6.45, 7) is 0. The lowest BCUT2D eigenvalue weighted by Gasteiger charge is -2.40. The predicted molar refractivity (Wildman–Crippen MR) is 106 cm³/mol. The van der Waals surface area contributed by atoms with E-state index in [-0.39, 0.29) is 0 Å². The van der Waals surface area contributed by atoms with Crippen molar-refractivity contribution in [3.63, 3.8) is 0 Å². The summed E-state index contributed by atoms with van der Waals surface area (Å²) in [6.07, 6.45) is 4.07. The Balaban J connectivity index is 1.61. The van der Waals surface area contributed by atoms with Gasteiger partial charge >= 0.3 is 0 Å². The molecule has 0 aliphatic heterocycles. The van der Waals surface area contributed by atoms with Crippen molar-refractivity contribution in [3.8, 4) is 17.2 Å². The molecule has 3 aromatic rings. The first kappa shape index (κ1) is 17.5. The van der Waals surface area contributed by atoms with Crippen LogP contribution in [0.2, 0.25) is 0 Å². The SMILES string of the molecule is N#C[C@]1(c2ccccc2)CC[C@](O)(c2cc(-c3ccccc3)ccn2)CC1. The van der Waals surface area contributed by atoms with Crippen LogP contribution in [0.15, 0.2) is 79.0 Å². The Morgan fingerprint density at radius 2 is 1.44 bits per heavy atom. The fraction of sp³-hybridized carbons (Fsp3) is 0.250. The highest BCUT2D eigenvalue weighted by Gasteiger charge is 2.44. The average Bonchev–Trinajstić information content (AvgIpc) is 2.76. The van der Waals surface area contributed by atoms with Crippen molar-refractivity contribution < 1.29 is 5.11 Å². The molecule has 3 heteroatoms. The van der Waals surface area contributed by atoms with Gasteiger partial charge in [0.1, 0.15) is 5.60 Å². The lowest BCUT2D eigenvalue weighted by atomic mass is 9.65. The molecule has 27 heavy (non-hydrogen) atoms. The summed E-state index contributed by atoms with van der Waals surface area (Å²) in [7, 11) is 0. The normalized spacial score (nSPS) is 24.9. The molecule has 1 aliphatic rings. The van der Waals surface area contributed by atoms with Crippen LogP contribution in [-0.2, 0) is 11.0 Å². The first-order valence-corrected chi connectivity index (χ1v) is 9.36. The molecule has 3 nitrogen and oxygen atoms in total. The second kappa shape index (κ2) is 6.98. The van der Waals surface area contributed by atoms with E-state index in [1.807, 2.05) is 60.7 Å². The summed E-state index contributed by atoms with van der Waals surface area (Å²) in [5.74, 6) is 0. The van der Waals surface area contributed by atoms with Crippen molar-refractivity contribution in [3.05, 3.63) is 90.3 Å². The van der Waals surface area contributed by atoms with E-state index in [1.165, 1.54) is 0 Å². The Morgan fingerprint density at radius 1 is 0.815 bits per heavy atom. The third kappa shape index (κ3) is 3.25. The van der Waals surface area contributed by atoms with Crippen LogP contribution in [0.1, 0.15) is 36.9 Å². The van der Waals surface area contributed by atoms with Gasteiger partial charge in [0.05, 0.1) is 17.2 Å². The lowest BCUT2D eigenvalue weighted by molar-refractivity contribution is -0.0174. The lowest BCUT2D eigenvalue weighted by Crippen LogP contribution is -2.39. The van der Waals surface area contributed by atoms with Crippen LogP contribution in [0, 0.1) is 11.3 Å². The molecule has 0 amide bonds. The van der Waals surface area contributed by atoms with Gasteiger partial charge in [-0.2, -0.15) is 5.26 Å². The minimum atomic E-state index is -0.986. The smallest absolute Gasteiger partial charge is 0.107 e. The van der Waals surface area contributed by atoms with E-state index in [0.717, 1.165) is 16.7 Å². The Kier molecular flexibility index (Phi) is 4.51.